The number of nitrogens with one attached hydrogen (secondary N) is 2. The van der Waals surface area contributed by atoms with E-state index in [-0.39, 0.29) is 12.4 Å². The van der Waals surface area contributed by atoms with Gasteiger partial charge >= 0.3 is 11.8 Å². The van der Waals surface area contributed by atoms with Gasteiger partial charge in [-0.3, -0.25) is 14.9 Å². The number of nitrogens with zero attached hydrogens (tertiary/aromatic N) is 1. The maximum Gasteiger partial charge on any atom is 0.314 e. The predicted molar refractivity (Wildman–Crippen MR) is 83.5 cm³/mol. The van der Waals surface area contributed by atoms with Crippen molar-refractivity contribution in [1.82, 2.24) is 10.5 Å². The Hall–Kier alpha value is -2.87. The lowest BCUT2D eigenvalue weighted by molar-refractivity contribution is -0.136. The molecule has 0 spiro atoms. The molecule has 1 aromatic heterocycles. The lowest BCUT2D eigenvalue weighted by Gasteiger charge is -2.13. The third kappa shape index (κ3) is 3.54. The number of benzene rings is 1. The molecule has 3 N–H and O–H groups in total. The first-order valence-corrected chi connectivity index (χ1v) is 7.49. The molecular formula is C16H17N3O5. The SMILES string of the molecule is Cc1cc(NC(=O)C(=O)NC[C@@H](O)c2ccc3c(c2)CCO3)no1. The molecule has 3 rings (SSSR count). The van der Waals surface area contributed by atoms with Crippen LogP contribution in [0.3, 0.4) is 0 Å². The molecule has 0 bridgehead atoms. The Morgan fingerprint density at radius 3 is 2.92 bits per heavy atom. The average Bonchev–Trinajstić information content (AvgIpc) is 3.20. The number of hydrogen-bond donors (Lipinski definition) is 3. The number of aromatic nitrogens is 1. The Bertz CT molecular complexity index is 771. The summed E-state index contributed by atoms with van der Waals surface area (Å²) in [5, 5.41) is 18.4. The van der Waals surface area contributed by atoms with E-state index in [0.29, 0.717) is 17.9 Å². The van der Waals surface area contributed by atoms with Gasteiger partial charge in [0.1, 0.15) is 11.5 Å². The third-order valence-electron chi connectivity index (χ3n) is 3.63. The second-order valence-electron chi connectivity index (χ2n) is 5.47. The molecule has 0 saturated heterocycles. The molecule has 1 aromatic carbocycles. The zero-order valence-electron chi connectivity index (χ0n) is 13.0. The van der Waals surface area contributed by atoms with Crippen LogP contribution in [0.5, 0.6) is 5.75 Å². The highest BCUT2D eigenvalue weighted by Gasteiger charge is 2.19. The van der Waals surface area contributed by atoms with Crippen molar-refractivity contribution < 1.29 is 24.0 Å². The van der Waals surface area contributed by atoms with Gasteiger partial charge in [0, 0.05) is 19.0 Å². The summed E-state index contributed by atoms with van der Waals surface area (Å²) in [5.74, 6) is -0.247. The van der Waals surface area contributed by atoms with Gasteiger partial charge in [-0.05, 0) is 30.2 Å². The monoisotopic (exact) mass is 331 g/mol. The molecule has 126 valence electrons. The lowest BCUT2D eigenvalue weighted by Crippen LogP contribution is -2.37. The van der Waals surface area contributed by atoms with Crippen molar-refractivity contribution in [3.05, 3.63) is 41.2 Å². The summed E-state index contributed by atoms with van der Waals surface area (Å²) < 4.78 is 10.2. The number of carbonyl (C=O) groups is 2. The van der Waals surface area contributed by atoms with Crippen LogP contribution in [0.1, 0.15) is 23.0 Å². The minimum atomic E-state index is -0.915. The Morgan fingerprint density at radius 2 is 2.17 bits per heavy atom. The minimum absolute atomic E-state index is 0.0796. The molecular weight excluding hydrogens is 314 g/mol. The minimum Gasteiger partial charge on any atom is -0.493 e. The number of aryl methyl sites for hydroxylation is 1. The van der Waals surface area contributed by atoms with Crippen LogP contribution in [-0.2, 0) is 16.0 Å². The van der Waals surface area contributed by atoms with Crippen molar-refractivity contribution >= 4 is 17.6 Å². The molecule has 24 heavy (non-hydrogen) atoms. The number of anilines is 1. The fourth-order valence-electron chi connectivity index (χ4n) is 2.40. The van der Waals surface area contributed by atoms with Crippen LogP contribution in [0.4, 0.5) is 5.82 Å². The van der Waals surface area contributed by atoms with Crippen LogP contribution < -0.4 is 15.4 Å². The van der Waals surface area contributed by atoms with Gasteiger partial charge in [0.2, 0.25) is 0 Å². The van der Waals surface area contributed by atoms with Crippen molar-refractivity contribution in [2.75, 3.05) is 18.5 Å². The zero-order valence-corrected chi connectivity index (χ0v) is 13.0. The summed E-state index contributed by atoms with van der Waals surface area (Å²) in [4.78, 5) is 23.5. The number of aliphatic hydroxyl groups excluding tert-OH is 1. The number of aliphatic hydroxyl groups is 1. The van der Waals surface area contributed by atoms with E-state index in [9.17, 15) is 14.7 Å². The fraction of sp³-hybridized carbons (Fsp3) is 0.312. The van der Waals surface area contributed by atoms with Gasteiger partial charge in [0.05, 0.1) is 12.7 Å². The maximum absolute atomic E-state index is 11.8. The van der Waals surface area contributed by atoms with Crippen molar-refractivity contribution in [2.45, 2.75) is 19.4 Å². The Morgan fingerprint density at radius 1 is 1.33 bits per heavy atom. The second kappa shape index (κ2) is 6.71. The highest BCUT2D eigenvalue weighted by Crippen LogP contribution is 2.27. The van der Waals surface area contributed by atoms with E-state index in [4.69, 9.17) is 9.26 Å². The van der Waals surface area contributed by atoms with Gasteiger partial charge in [-0.2, -0.15) is 0 Å². The average molecular weight is 331 g/mol. The van der Waals surface area contributed by atoms with Gasteiger partial charge in [-0.15, -0.1) is 0 Å². The van der Waals surface area contributed by atoms with Crippen LogP contribution in [-0.4, -0.2) is 35.2 Å². The van der Waals surface area contributed by atoms with Gasteiger partial charge in [0.25, 0.3) is 0 Å². The number of rotatable bonds is 4. The quantitative estimate of drug-likeness (QED) is 0.711. The largest absolute Gasteiger partial charge is 0.493 e. The Balaban J connectivity index is 1.52. The number of hydrogen-bond acceptors (Lipinski definition) is 6. The highest BCUT2D eigenvalue weighted by atomic mass is 16.5. The molecule has 0 fully saturated rings. The molecule has 1 aliphatic rings. The summed E-state index contributed by atoms with van der Waals surface area (Å²) in [6.07, 6.45) is -0.121. The van der Waals surface area contributed by atoms with Gasteiger partial charge in [-0.25, -0.2) is 0 Å². The first-order valence-electron chi connectivity index (χ1n) is 7.49. The summed E-state index contributed by atoms with van der Waals surface area (Å²) in [6, 6.07) is 6.87. The van der Waals surface area contributed by atoms with Gasteiger partial charge < -0.3 is 19.7 Å². The van der Waals surface area contributed by atoms with Crippen molar-refractivity contribution in [3.8, 4) is 5.75 Å². The van der Waals surface area contributed by atoms with Crippen LogP contribution >= 0.6 is 0 Å². The van der Waals surface area contributed by atoms with Crippen molar-refractivity contribution in [1.29, 1.82) is 0 Å². The molecule has 2 heterocycles. The molecule has 2 aromatic rings. The molecule has 0 aliphatic carbocycles. The van der Waals surface area contributed by atoms with Crippen molar-refractivity contribution in [3.63, 3.8) is 0 Å². The highest BCUT2D eigenvalue weighted by molar-refractivity contribution is 6.39. The smallest absolute Gasteiger partial charge is 0.314 e. The van der Waals surface area contributed by atoms with Gasteiger partial charge in [0.15, 0.2) is 5.82 Å². The fourth-order valence-corrected chi connectivity index (χ4v) is 2.40. The van der Waals surface area contributed by atoms with E-state index in [0.717, 1.165) is 17.7 Å². The molecule has 0 unspecified atom stereocenters. The van der Waals surface area contributed by atoms with Crippen molar-refractivity contribution in [2.24, 2.45) is 0 Å². The van der Waals surface area contributed by atoms with E-state index in [2.05, 4.69) is 15.8 Å². The predicted octanol–water partition coefficient (Wildman–Crippen LogP) is 0.706. The normalized spacial score (nSPS) is 13.8. The van der Waals surface area contributed by atoms with E-state index in [1.54, 1.807) is 19.1 Å². The summed E-state index contributed by atoms with van der Waals surface area (Å²) in [7, 11) is 0. The molecule has 8 heteroatoms. The first-order chi connectivity index (χ1) is 11.5. The topological polar surface area (TPSA) is 114 Å². The number of fused-ring (bicyclic) bond motifs is 1. The van der Waals surface area contributed by atoms with Crippen LogP contribution in [0, 0.1) is 6.92 Å². The molecule has 0 radical (unpaired) electrons. The van der Waals surface area contributed by atoms with Gasteiger partial charge in [-0.1, -0.05) is 11.2 Å². The molecule has 1 aliphatic heterocycles. The Labute approximate surface area is 137 Å². The molecule has 1 atom stereocenters. The van der Waals surface area contributed by atoms with E-state index < -0.39 is 17.9 Å². The van der Waals surface area contributed by atoms with E-state index in [1.165, 1.54) is 6.07 Å². The summed E-state index contributed by atoms with van der Waals surface area (Å²) >= 11 is 0. The summed E-state index contributed by atoms with van der Waals surface area (Å²) in [6.45, 7) is 2.22. The second-order valence-corrected chi connectivity index (χ2v) is 5.47. The Kier molecular flexibility index (Phi) is 4.48. The first kappa shape index (κ1) is 16.0. The summed E-state index contributed by atoms with van der Waals surface area (Å²) in [5.41, 5.74) is 1.68. The number of ether oxygens (including phenoxy) is 1. The standard InChI is InChI=1S/C16H17N3O5/c1-9-6-14(19-24-9)18-16(22)15(21)17-8-12(20)10-2-3-13-11(7-10)4-5-23-13/h2-3,6-7,12,20H,4-5,8H2,1H3,(H,17,21)(H,18,19,22)/t12-/m1/s1. The number of carbonyl (C=O) groups excluding carboxylic acids is 2. The number of amides is 2. The maximum atomic E-state index is 11.8. The third-order valence-corrected chi connectivity index (χ3v) is 3.63. The molecule has 2 amide bonds. The van der Waals surface area contributed by atoms with E-state index in [1.807, 2.05) is 6.07 Å². The molecule has 0 saturated carbocycles. The lowest BCUT2D eigenvalue weighted by atomic mass is 10.0. The van der Waals surface area contributed by atoms with Crippen LogP contribution in [0.25, 0.3) is 0 Å². The van der Waals surface area contributed by atoms with E-state index >= 15 is 0 Å². The van der Waals surface area contributed by atoms with Crippen LogP contribution in [0.15, 0.2) is 28.8 Å². The molecule has 8 nitrogen and oxygen atoms in total. The zero-order chi connectivity index (χ0) is 17.1. The van der Waals surface area contributed by atoms with Crippen LogP contribution in [0.2, 0.25) is 0 Å².